The number of carbonyl (C=O) groups is 2. The maximum Gasteiger partial charge on any atom is 0.253 e. The molecule has 0 aliphatic carbocycles. The predicted octanol–water partition coefficient (Wildman–Crippen LogP) is 2.73. The van der Waals surface area contributed by atoms with Crippen LogP contribution in [0.5, 0.6) is 0 Å². The molecule has 0 spiro atoms. The van der Waals surface area contributed by atoms with E-state index in [1.54, 1.807) is 11.3 Å². The molecule has 0 saturated carbocycles. The maximum atomic E-state index is 12.6. The number of thiophene rings is 1. The molecule has 1 aliphatic heterocycles. The van der Waals surface area contributed by atoms with Crippen LogP contribution in [0.15, 0.2) is 41.5 Å². The van der Waals surface area contributed by atoms with Crippen molar-refractivity contribution in [1.29, 1.82) is 0 Å². The number of amides is 2. The molecule has 1 saturated heterocycles. The number of benzene rings is 1. The van der Waals surface area contributed by atoms with Crippen LogP contribution in [0.3, 0.4) is 0 Å². The standard InChI is InChI=1S/C19H21N3O2S/c1-11-9-15(13(3)25-11)12(2)21-22-19(24)17-16(10-20-18(17)23)14-7-5-4-6-8-14/h4-9,16-17H,10H2,1-3H3,(H,20,23)(H,22,24)/b21-12-. The summed E-state index contributed by atoms with van der Waals surface area (Å²) in [6, 6.07) is 11.7. The molecule has 0 radical (unpaired) electrons. The van der Waals surface area contributed by atoms with E-state index in [1.807, 2.05) is 51.1 Å². The molecule has 2 unspecified atom stereocenters. The highest BCUT2D eigenvalue weighted by Gasteiger charge is 2.41. The zero-order chi connectivity index (χ0) is 18.0. The molecule has 2 N–H and O–H groups in total. The monoisotopic (exact) mass is 355 g/mol. The highest BCUT2D eigenvalue weighted by Crippen LogP contribution is 2.29. The van der Waals surface area contributed by atoms with Gasteiger partial charge in [-0.05, 0) is 32.4 Å². The zero-order valence-corrected chi connectivity index (χ0v) is 15.3. The van der Waals surface area contributed by atoms with Crippen LogP contribution in [0.25, 0.3) is 0 Å². The molecule has 1 aromatic heterocycles. The van der Waals surface area contributed by atoms with Crippen LogP contribution < -0.4 is 10.7 Å². The summed E-state index contributed by atoms with van der Waals surface area (Å²) in [6.07, 6.45) is 0. The number of hydrogen-bond donors (Lipinski definition) is 2. The van der Waals surface area contributed by atoms with Crippen molar-refractivity contribution >= 4 is 28.9 Å². The van der Waals surface area contributed by atoms with Gasteiger partial charge in [0.05, 0.1) is 5.71 Å². The maximum absolute atomic E-state index is 12.6. The van der Waals surface area contributed by atoms with Gasteiger partial charge in [0.1, 0.15) is 5.92 Å². The summed E-state index contributed by atoms with van der Waals surface area (Å²) < 4.78 is 0. The van der Waals surface area contributed by atoms with Gasteiger partial charge in [0.25, 0.3) is 5.91 Å². The summed E-state index contributed by atoms with van der Waals surface area (Å²) in [5.41, 5.74) is 5.33. The van der Waals surface area contributed by atoms with Crippen LogP contribution in [-0.2, 0) is 9.59 Å². The summed E-state index contributed by atoms with van der Waals surface area (Å²) >= 11 is 1.70. The molecule has 1 aromatic carbocycles. The first kappa shape index (κ1) is 17.4. The molecule has 3 rings (SSSR count). The topological polar surface area (TPSA) is 70.6 Å². The molecule has 1 fully saturated rings. The van der Waals surface area contributed by atoms with Crippen LogP contribution in [-0.4, -0.2) is 24.1 Å². The van der Waals surface area contributed by atoms with Crippen molar-refractivity contribution in [2.75, 3.05) is 6.54 Å². The molecule has 2 aromatic rings. The van der Waals surface area contributed by atoms with Gasteiger partial charge in [-0.2, -0.15) is 5.10 Å². The molecular weight excluding hydrogens is 334 g/mol. The van der Waals surface area contributed by atoms with Gasteiger partial charge in [-0.25, -0.2) is 5.43 Å². The summed E-state index contributed by atoms with van der Waals surface area (Å²) in [4.78, 5) is 27.1. The Balaban J connectivity index is 1.76. The minimum Gasteiger partial charge on any atom is -0.355 e. The molecule has 25 heavy (non-hydrogen) atoms. The minimum atomic E-state index is -0.760. The number of nitrogens with one attached hydrogen (secondary N) is 2. The Kier molecular flexibility index (Phi) is 4.99. The average molecular weight is 355 g/mol. The van der Waals surface area contributed by atoms with Crippen LogP contribution in [0.1, 0.15) is 33.7 Å². The molecule has 5 nitrogen and oxygen atoms in total. The van der Waals surface area contributed by atoms with Gasteiger partial charge in [0, 0.05) is 27.8 Å². The largest absolute Gasteiger partial charge is 0.355 e. The predicted molar refractivity (Wildman–Crippen MR) is 99.8 cm³/mol. The highest BCUT2D eigenvalue weighted by molar-refractivity contribution is 7.12. The van der Waals surface area contributed by atoms with E-state index in [2.05, 4.69) is 21.9 Å². The highest BCUT2D eigenvalue weighted by atomic mass is 32.1. The van der Waals surface area contributed by atoms with Crippen molar-refractivity contribution in [2.24, 2.45) is 11.0 Å². The van der Waals surface area contributed by atoms with E-state index in [4.69, 9.17) is 0 Å². The second-order valence-electron chi connectivity index (χ2n) is 6.24. The van der Waals surface area contributed by atoms with Crippen LogP contribution in [0.4, 0.5) is 0 Å². The smallest absolute Gasteiger partial charge is 0.253 e. The van der Waals surface area contributed by atoms with E-state index in [1.165, 1.54) is 4.88 Å². The van der Waals surface area contributed by atoms with Gasteiger partial charge >= 0.3 is 0 Å². The Morgan fingerprint density at radius 1 is 1.28 bits per heavy atom. The lowest BCUT2D eigenvalue weighted by Gasteiger charge is -2.15. The first-order valence-electron chi connectivity index (χ1n) is 8.21. The second-order valence-corrected chi connectivity index (χ2v) is 7.70. The Labute approximate surface area is 151 Å². The van der Waals surface area contributed by atoms with E-state index in [-0.39, 0.29) is 17.7 Å². The first-order chi connectivity index (χ1) is 12.0. The van der Waals surface area contributed by atoms with Crippen LogP contribution in [0, 0.1) is 19.8 Å². The molecule has 0 bridgehead atoms. The third kappa shape index (κ3) is 3.64. The third-order valence-corrected chi connectivity index (χ3v) is 5.42. The summed E-state index contributed by atoms with van der Waals surface area (Å²) in [6.45, 7) is 6.40. The molecule has 2 amide bonds. The van der Waals surface area contributed by atoms with Crippen molar-refractivity contribution in [3.8, 4) is 0 Å². The van der Waals surface area contributed by atoms with E-state index in [0.717, 1.165) is 21.7 Å². The second kappa shape index (κ2) is 7.19. The summed E-state index contributed by atoms with van der Waals surface area (Å²) in [7, 11) is 0. The molecular formula is C19H21N3O2S. The normalized spacial score (nSPS) is 20.4. The van der Waals surface area contributed by atoms with Crippen molar-refractivity contribution < 1.29 is 9.59 Å². The van der Waals surface area contributed by atoms with Gasteiger partial charge in [-0.15, -0.1) is 11.3 Å². The Bertz CT molecular complexity index is 826. The molecule has 1 aliphatic rings. The fraction of sp³-hybridized carbons (Fsp3) is 0.316. The Morgan fingerprint density at radius 2 is 2.00 bits per heavy atom. The number of nitrogens with zero attached hydrogens (tertiary/aromatic N) is 1. The first-order valence-corrected chi connectivity index (χ1v) is 9.03. The van der Waals surface area contributed by atoms with Crippen LogP contribution >= 0.6 is 11.3 Å². The minimum absolute atomic E-state index is 0.172. The summed E-state index contributed by atoms with van der Waals surface area (Å²) in [5, 5.41) is 7.00. The number of hydrogen-bond acceptors (Lipinski definition) is 4. The fourth-order valence-corrected chi connectivity index (χ4v) is 4.17. The van der Waals surface area contributed by atoms with Crippen molar-refractivity contribution in [1.82, 2.24) is 10.7 Å². The average Bonchev–Trinajstić information content (AvgIpc) is 3.15. The van der Waals surface area contributed by atoms with Gasteiger partial charge < -0.3 is 5.32 Å². The van der Waals surface area contributed by atoms with Crippen LogP contribution in [0.2, 0.25) is 0 Å². The van der Waals surface area contributed by atoms with Gasteiger partial charge in [-0.3, -0.25) is 9.59 Å². The quantitative estimate of drug-likeness (QED) is 0.503. The van der Waals surface area contributed by atoms with E-state index >= 15 is 0 Å². The van der Waals surface area contributed by atoms with Crippen molar-refractivity contribution in [2.45, 2.75) is 26.7 Å². The van der Waals surface area contributed by atoms with Crippen molar-refractivity contribution in [3.63, 3.8) is 0 Å². The van der Waals surface area contributed by atoms with Crippen molar-refractivity contribution in [3.05, 3.63) is 57.3 Å². The third-order valence-electron chi connectivity index (χ3n) is 4.46. The molecule has 130 valence electrons. The van der Waals surface area contributed by atoms with E-state index in [0.29, 0.717) is 6.54 Å². The van der Waals surface area contributed by atoms with Gasteiger partial charge in [0.2, 0.25) is 5.91 Å². The van der Waals surface area contributed by atoms with Gasteiger partial charge in [-0.1, -0.05) is 30.3 Å². The van der Waals surface area contributed by atoms with E-state index < -0.39 is 5.92 Å². The summed E-state index contributed by atoms with van der Waals surface area (Å²) in [5.74, 6) is -1.55. The van der Waals surface area contributed by atoms with Gasteiger partial charge in [0.15, 0.2) is 0 Å². The number of aryl methyl sites for hydroxylation is 2. The lowest BCUT2D eigenvalue weighted by atomic mass is 9.88. The fourth-order valence-electron chi connectivity index (χ4n) is 3.19. The molecule has 2 heterocycles. The Hall–Kier alpha value is -2.47. The molecule has 2 atom stereocenters. The SMILES string of the molecule is C/C(=N/NC(=O)C1C(=O)NCC1c1ccccc1)c1cc(C)sc1C. The zero-order valence-electron chi connectivity index (χ0n) is 14.5. The number of carbonyl (C=O) groups excluding carboxylic acids is 2. The Morgan fingerprint density at radius 3 is 2.64 bits per heavy atom. The van der Waals surface area contributed by atoms with E-state index in [9.17, 15) is 9.59 Å². The molecule has 6 heteroatoms. The lowest BCUT2D eigenvalue weighted by Crippen LogP contribution is -2.35. The lowest BCUT2D eigenvalue weighted by molar-refractivity contribution is -0.133. The number of rotatable bonds is 4. The number of hydrazone groups is 1.